The fourth-order valence-corrected chi connectivity index (χ4v) is 5.61. The predicted octanol–water partition coefficient (Wildman–Crippen LogP) is 1.02. The molecule has 184 valence electrons. The number of rotatable bonds is 9. The Morgan fingerprint density at radius 2 is 1.67 bits per heavy atom. The molecule has 33 heavy (non-hydrogen) atoms. The summed E-state index contributed by atoms with van der Waals surface area (Å²) >= 11 is 0. The summed E-state index contributed by atoms with van der Waals surface area (Å²) in [6.45, 7) is 7.05. The zero-order valence-corrected chi connectivity index (χ0v) is 20.5. The van der Waals surface area contributed by atoms with Crippen molar-refractivity contribution in [1.29, 1.82) is 0 Å². The van der Waals surface area contributed by atoms with Crippen LogP contribution in [-0.2, 0) is 19.6 Å². The van der Waals surface area contributed by atoms with Crippen LogP contribution in [-0.4, -0.2) is 100 Å². The van der Waals surface area contributed by atoms with Crippen molar-refractivity contribution in [2.24, 2.45) is 5.92 Å². The second kappa shape index (κ2) is 11.9. The minimum atomic E-state index is -3.52. The van der Waals surface area contributed by atoms with Gasteiger partial charge in [0.25, 0.3) is 5.91 Å². The number of nitrogens with one attached hydrogen (secondary N) is 1. The van der Waals surface area contributed by atoms with Crippen LogP contribution in [0.2, 0.25) is 0 Å². The van der Waals surface area contributed by atoms with Gasteiger partial charge in [-0.2, -0.15) is 4.31 Å². The summed E-state index contributed by atoms with van der Waals surface area (Å²) in [6.07, 6.45) is 2.52. The van der Waals surface area contributed by atoms with Crippen molar-refractivity contribution >= 4 is 21.8 Å². The van der Waals surface area contributed by atoms with E-state index in [1.807, 2.05) is 4.90 Å². The quantitative estimate of drug-likeness (QED) is 0.530. The average molecular weight is 481 g/mol. The molecule has 0 aliphatic carbocycles. The van der Waals surface area contributed by atoms with Crippen molar-refractivity contribution in [3.8, 4) is 0 Å². The molecule has 9 nitrogen and oxygen atoms in total. The minimum absolute atomic E-state index is 0.0224. The van der Waals surface area contributed by atoms with E-state index < -0.39 is 10.0 Å². The fourth-order valence-electron chi connectivity index (χ4n) is 4.14. The zero-order chi connectivity index (χ0) is 23.8. The van der Waals surface area contributed by atoms with Crippen molar-refractivity contribution in [3.05, 3.63) is 29.8 Å². The van der Waals surface area contributed by atoms with Crippen molar-refractivity contribution in [2.75, 3.05) is 66.1 Å². The topological polar surface area (TPSA) is 99.3 Å². The van der Waals surface area contributed by atoms with E-state index in [0.717, 1.165) is 19.3 Å². The van der Waals surface area contributed by atoms with Crippen molar-refractivity contribution in [1.82, 2.24) is 19.4 Å². The van der Waals surface area contributed by atoms with Crippen LogP contribution in [0.25, 0.3) is 0 Å². The van der Waals surface area contributed by atoms with Crippen LogP contribution in [0.3, 0.4) is 0 Å². The Balaban J connectivity index is 1.48. The second-order valence-corrected chi connectivity index (χ2v) is 10.8. The van der Waals surface area contributed by atoms with Gasteiger partial charge in [0.1, 0.15) is 0 Å². The molecule has 0 saturated carbocycles. The third-order valence-electron chi connectivity index (χ3n) is 6.36. The standard InChI is InChI=1S/C23H36N4O5S/c1-19-8-11-27(12-9-19)33(30,31)21-6-4-20(5-7-21)23(29)26-15-13-25(14-16-26)18-22(28)24-10-3-17-32-2/h4-7,19H,3,8-18H2,1-2H3,(H,24,28). The van der Waals surface area contributed by atoms with E-state index in [1.54, 1.807) is 24.1 Å². The first-order valence-electron chi connectivity index (χ1n) is 11.7. The molecule has 0 radical (unpaired) electrons. The Labute approximate surface area is 197 Å². The summed E-state index contributed by atoms with van der Waals surface area (Å²) in [4.78, 5) is 28.9. The number of carbonyl (C=O) groups excluding carboxylic acids is 2. The maximum absolute atomic E-state index is 12.9. The number of ether oxygens (including phenoxy) is 1. The van der Waals surface area contributed by atoms with Crippen LogP contribution in [0, 0.1) is 5.92 Å². The smallest absolute Gasteiger partial charge is 0.253 e. The lowest BCUT2D eigenvalue weighted by Gasteiger charge is -2.34. The van der Waals surface area contributed by atoms with Crippen LogP contribution in [0.4, 0.5) is 0 Å². The molecule has 0 spiro atoms. The van der Waals surface area contributed by atoms with Crippen LogP contribution in [0.5, 0.6) is 0 Å². The van der Waals surface area contributed by atoms with E-state index in [2.05, 4.69) is 12.2 Å². The maximum Gasteiger partial charge on any atom is 0.253 e. The minimum Gasteiger partial charge on any atom is -0.385 e. The number of piperidine rings is 1. The molecule has 10 heteroatoms. The molecule has 2 aliphatic rings. The molecule has 0 bridgehead atoms. The number of amides is 2. The van der Waals surface area contributed by atoms with E-state index in [9.17, 15) is 18.0 Å². The van der Waals surface area contributed by atoms with E-state index in [4.69, 9.17) is 4.74 Å². The maximum atomic E-state index is 12.9. The lowest BCUT2D eigenvalue weighted by Crippen LogP contribution is -2.51. The molecule has 1 N–H and O–H groups in total. The van der Waals surface area contributed by atoms with Gasteiger partial charge in [-0.25, -0.2) is 8.42 Å². The van der Waals surface area contributed by atoms with Gasteiger partial charge in [-0.3, -0.25) is 14.5 Å². The van der Waals surface area contributed by atoms with Gasteiger partial charge in [0.15, 0.2) is 0 Å². The number of carbonyl (C=O) groups is 2. The molecular formula is C23H36N4O5S. The largest absolute Gasteiger partial charge is 0.385 e. The first kappa shape index (κ1) is 25.6. The summed E-state index contributed by atoms with van der Waals surface area (Å²) in [5.74, 6) is 0.410. The molecule has 2 aliphatic heterocycles. The Kier molecular flexibility index (Phi) is 9.25. The Morgan fingerprint density at radius 3 is 2.27 bits per heavy atom. The Hall–Kier alpha value is -2.01. The SMILES string of the molecule is COCCCNC(=O)CN1CCN(C(=O)c2ccc(S(=O)(=O)N3CCC(C)CC3)cc2)CC1. The second-order valence-electron chi connectivity index (χ2n) is 8.88. The number of nitrogens with zero attached hydrogens (tertiary/aromatic N) is 3. The third kappa shape index (κ3) is 6.99. The van der Waals surface area contributed by atoms with Gasteiger partial charge in [0.05, 0.1) is 11.4 Å². The molecule has 2 amide bonds. The number of sulfonamides is 1. The van der Waals surface area contributed by atoms with Crippen molar-refractivity contribution in [3.63, 3.8) is 0 Å². The zero-order valence-electron chi connectivity index (χ0n) is 19.7. The molecule has 2 heterocycles. The van der Waals surface area contributed by atoms with Crippen LogP contribution < -0.4 is 5.32 Å². The highest BCUT2D eigenvalue weighted by Crippen LogP contribution is 2.24. The van der Waals surface area contributed by atoms with Gasteiger partial charge in [-0.05, 0) is 49.4 Å². The van der Waals surface area contributed by atoms with E-state index >= 15 is 0 Å². The summed E-state index contributed by atoms with van der Waals surface area (Å²) in [5, 5.41) is 2.87. The summed E-state index contributed by atoms with van der Waals surface area (Å²) < 4.78 is 32.3. The molecule has 3 rings (SSSR count). The molecule has 0 unspecified atom stereocenters. The average Bonchev–Trinajstić information content (AvgIpc) is 2.82. The van der Waals surface area contributed by atoms with Gasteiger partial charge in [-0.1, -0.05) is 6.92 Å². The monoisotopic (exact) mass is 480 g/mol. The van der Waals surface area contributed by atoms with Gasteiger partial charge >= 0.3 is 0 Å². The van der Waals surface area contributed by atoms with E-state index in [0.29, 0.717) is 70.4 Å². The Morgan fingerprint density at radius 1 is 1.03 bits per heavy atom. The molecule has 1 aromatic carbocycles. The molecule has 2 saturated heterocycles. The van der Waals surface area contributed by atoms with Gasteiger partial charge in [-0.15, -0.1) is 0 Å². The lowest BCUT2D eigenvalue weighted by atomic mass is 10.0. The molecule has 1 aromatic rings. The molecule has 0 aromatic heterocycles. The normalized spacial score (nSPS) is 18.9. The molecule has 2 fully saturated rings. The highest BCUT2D eigenvalue weighted by molar-refractivity contribution is 7.89. The number of methoxy groups -OCH3 is 1. The van der Waals surface area contributed by atoms with Crippen molar-refractivity contribution < 1.29 is 22.7 Å². The van der Waals surface area contributed by atoms with E-state index in [1.165, 1.54) is 16.4 Å². The highest BCUT2D eigenvalue weighted by atomic mass is 32.2. The van der Waals surface area contributed by atoms with Gasteiger partial charge in [0.2, 0.25) is 15.9 Å². The number of hydrogen-bond donors (Lipinski definition) is 1. The molecule has 0 atom stereocenters. The first-order chi connectivity index (χ1) is 15.8. The fraction of sp³-hybridized carbons (Fsp3) is 0.652. The number of benzene rings is 1. The Bertz CT molecular complexity index is 890. The summed E-state index contributed by atoms with van der Waals surface area (Å²) in [5.41, 5.74) is 0.477. The summed E-state index contributed by atoms with van der Waals surface area (Å²) in [7, 11) is -1.89. The van der Waals surface area contributed by atoms with Crippen LogP contribution in [0.15, 0.2) is 29.2 Å². The highest BCUT2D eigenvalue weighted by Gasteiger charge is 2.29. The van der Waals surface area contributed by atoms with Crippen LogP contribution in [0.1, 0.15) is 36.5 Å². The van der Waals surface area contributed by atoms with Crippen LogP contribution >= 0.6 is 0 Å². The van der Waals surface area contributed by atoms with Gasteiger partial charge < -0.3 is 15.0 Å². The lowest BCUT2D eigenvalue weighted by molar-refractivity contribution is -0.122. The first-order valence-corrected chi connectivity index (χ1v) is 13.1. The third-order valence-corrected chi connectivity index (χ3v) is 8.27. The molecular weight excluding hydrogens is 444 g/mol. The number of piperazine rings is 1. The van der Waals surface area contributed by atoms with Crippen molar-refractivity contribution in [2.45, 2.75) is 31.1 Å². The van der Waals surface area contributed by atoms with E-state index in [-0.39, 0.29) is 16.7 Å². The summed E-state index contributed by atoms with van der Waals surface area (Å²) in [6, 6.07) is 6.26. The number of hydrogen-bond acceptors (Lipinski definition) is 6. The predicted molar refractivity (Wildman–Crippen MR) is 125 cm³/mol. The van der Waals surface area contributed by atoms with Gasteiger partial charge in [0, 0.05) is 65.1 Å².